The second-order valence-corrected chi connectivity index (χ2v) is 8.26. The molecule has 12 heteroatoms. The minimum absolute atomic E-state index is 0.0444. The largest absolute Gasteiger partial charge is 0.477 e. The number of pyridine rings is 1. The molecule has 1 amide bonds. The maximum Gasteiger partial charge on any atom is 0.341 e. The summed E-state index contributed by atoms with van der Waals surface area (Å²) in [6.45, 7) is 1.52. The number of halogens is 1. The van der Waals surface area contributed by atoms with Crippen molar-refractivity contribution in [3.05, 3.63) is 50.5 Å². The van der Waals surface area contributed by atoms with Crippen LogP contribution in [0.1, 0.15) is 20.8 Å². The molecule has 5 rings (SSSR count). The normalized spacial score (nSPS) is 15.8. The van der Waals surface area contributed by atoms with Crippen LogP contribution in [0.25, 0.3) is 10.9 Å². The minimum atomic E-state index is -1.38. The number of ether oxygens (including phenoxy) is 1. The quantitative estimate of drug-likeness (QED) is 0.622. The van der Waals surface area contributed by atoms with Gasteiger partial charge in [-0.3, -0.25) is 19.3 Å². The van der Waals surface area contributed by atoms with E-state index in [1.54, 1.807) is 32.7 Å². The summed E-state index contributed by atoms with van der Waals surface area (Å²) in [5.74, 6) is -2.04. The average molecular weight is 459 g/mol. The number of nitrogens with zero attached hydrogens (tertiary/aromatic N) is 5. The van der Waals surface area contributed by atoms with Gasteiger partial charge in [-0.15, -0.1) is 11.3 Å². The molecule has 3 aromatic rings. The van der Waals surface area contributed by atoms with Crippen LogP contribution in [0.2, 0.25) is 0 Å². The molecular weight excluding hydrogens is 441 g/mol. The highest BCUT2D eigenvalue weighted by atomic mass is 32.1. The van der Waals surface area contributed by atoms with Crippen LogP contribution in [0.3, 0.4) is 0 Å². The van der Waals surface area contributed by atoms with Crippen molar-refractivity contribution in [2.24, 2.45) is 0 Å². The maximum absolute atomic E-state index is 15.3. The number of hydrogen-bond donors (Lipinski definition) is 1. The molecular formula is C20H18FN5O5S. The van der Waals surface area contributed by atoms with E-state index in [0.29, 0.717) is 37.4 Å². The van der Waals surface area contributed by atoms with Crippen molar-refractivity contribution in [1.29, 1.82) is 0 Å². The van der Waals surface area contributed by atoms with Crippen LogP contribution in [0, 0.1) is 5.82 Å². The van der Waals surface area contributed by atoms with Crippen LogP contribution in [0.4, 0.5) is 10.1 Å². The molecule has 2 aliphatic rings. The van der Waals surface area contributed by atoms with Crippen molar-refractivity contribution in [3.63, 3.8) is 0 Å². The van der Waals surface area contributed by atoms with E-state index in [-0.39, 0.29) is 29.5 Å². The zero-order valence-corrected chi connectivity index (χ0v) is 17.8. The predicted molar refractivity (Wildman–Crippen MR) is 115 cm³/mol. The molecule has 0 saturated carbocycles. The summed E-state index contributed by atoms with van der Waals surface area (Å²) in [6.07, 6.45) is 1.23. The molecule has 1 N–H and O–H groups in total. The zero-order chi connectivity index (χ0) is 22.6. The number of aromatic nitrogens is 2. The van der Waals surface area contributed by atoms with Gasteiger partial charge in [0.15, 0.2) is 18.3 Å². The van der Waals surface area contributed by atoms with Crippen molar-refractivity contribution >= 4 is 39.8 Å². The first kappa shape index (κ1) is 20.2. The lowest BCUT2D eigenvalue weighted by Crippen LogP contribution is -2.49. The van der Waals surface area contributed by atoms with Crippen LogP contribution in [0.5, 0.6) is 5.75 Å². The third-order valence-corrected chi connectivity index (χ3v) is 6.27. The van der Waals surface area contributed by atoms with Crippen molar-refractivity contribution in [2.45, 2.75) is 0 Å². The monoisotopic (exact) mass is 459 g/mol. The molecule has 4 heterocycles. The van der Waals surface area contributed by atoms with Gasteiger partial charge in [0.2, 0.25) is 5.43 Å². The summed E-state index contributed by atoms with van der Waals surface area (Å²) < 4.78 is 22.6. The molecule has 166 valence electrons. The number of carboxylic acid groups (broad SMARTS) is 1. The Hall–Kier alpha value is -3.67. The van der Waals surface area contributed by atoms with Crippen LogP contribution in [-0.2, 0) is 0 Å². The average Bonchev–Trinajstić information content (AvgIpc) is 3.32. The van der Waals surface area contributed by atoms with Gasteiger partial charge in [0, 0.05) is 44.8 Å². The molecule has 2 aromatic heterocycles. The lowest BCUT2D eigenvalue weighted by molar-refractivity contribution is 0.0692. The number of hydrogen-bond acceptors (Lipinski definition) is 8. The Labute approximate surface area is 184 Å². The molecule has 2 aliphatic heterocycles. The highest BCUT2D eigenvalue weighted by molar-refractivity contribution is 7.07. The fourth-order valence-corrected chi connectivity index (χ4v) is 4.61. The van der Waals surface area contributed by atoms with Gasteiger partial charge >= 0.3 is 5.97 Å². The third kappa shape index (κ3) is 3.06. The summed E-state index contributed by atoms with van der Waals surface area (Å²) in [4.78, 5) is 44.2. The van der Waals surface area contributed by atoms with Gasteiger partial charge in [-0.1, -0.05) is 0 Å². The fourth-order valence-electron chi connectivity index (χ4n) is 4.08. The number of thiazole rings is 1. The molecule has 0 radical (unpaired) electrons. The number of carbonyl (C=O) groups is 2. The van der Waals surface area contributed by atoms with E-state index >= 15 is 4.39 Å². The van der Waals surface area contributed by atoms with Gasteiger partial charge in [-0.2, -0.15) is 0 Å². The Kier molecular flexibility index (Phi) is 4.73. The Morgan fingerprint density at radius 2 is 2.00 bits per heavy atom. The molecule has 1 fully saturated rings. The molecule has 0 atom stereocenters. The van der Waals surface area contributed by atoms with E-state index < -0.39 is 22.8 Å². The van der Waals surface area contributed by atoms with Crippen molar-refractivity contribution < 1.29 is 23.8 Å². The first-order chi connectivity index (χ1) is 15.4. The number of anilines is 1. The molecule has 10 nitrogen and oxygen atoms in total. The van der Waals surface area contributed by atoms with Crippen LogP contribution in [0.15, 0.2) is 27.9 Å². The highest BCUT2D eigenvalue weighted by Crippen LogP contribution is 2.40. The first-order valence-corrected chi connectivity index (χ1v) is 10.7. The summed E-state index contributed by atoms with van der Waals surface area (Å²) in [5, 5.41) is 12.6. The standard InChI is InChI=1S/C20H18FN5O5S/c1-23-10-31-18-15-11(17(27)12(20(29)30)7-26(15)23)6-13(21)16(18)24-2-4-25(5-3-24)19(28)14-8-32-9-22-14/h6-9H,2-5,10H2,1H3,(H,29,30). The summed E-state index contributed by atoms with van der Waals surface area (Å²) in [7, 11) is 1.67. The molecule has 0 unspecified atom stereocenters. The van der Waals surface area contributed by atoms with Gasteiger partial charge in [0.1, 0.15) is 22.5 Å². The SMILES string of the molecule is CN1COc2c(N3CCN(C(=O)c4cscn4)CC3)c(F)cc3c(=O)c(C(=O)O)cn1c23. The Bertz CT molecular complexity index is 1300. The smallest absolute Gasteiger partial charge is 0.341 e. The van der Waals surface area contributed by atoms with Crippen LogP contribution in [-0.4, -0.2) is 71.5 Å². The maximum atomic E-state index is 15.3. The van der Waals surface area contributed by atoms with Gasteiger partial charge in [0.25, 0.3) is 5.91 Å². The van der Waals surface area contributed by atoms with E-state index in [0.717, 1.165) is 6.07 Å². The van der Waals surface area contributed by atoms with Gasteiger partial charge in [-0.05, 0) is 6.07 Å². The number of piperazine rings is 1. The van der Waals surface area contributed by atoms with E-state index in [4.69, 9.17) is 4.74 Å². The number of carbonyl (C=O) groups excluding carboxylic acids is 1. The lowest BCUT2D eigenvalue weighted by atomic mass is 10.1. The number of benzene rings is 1. The number of aromatic carboxylic acids is 1. The van der Waals surface area contributed by atoms with Crippen molar-refractivity contribution in [1.82, 2.24) is 14.6 Å². The first-order valence-electron chi connectivity index (χ1n) is 9.78. The molecule has 1 saturated heterocycles. The summed E-state index contributed by atoms with van der Waals surface area (Å²) in [5.41, 5.74) is 1.28. The van der Waals surface area contributed by atoms with Gasteiger partial charge in [0.05, 0.1) is 10.9 Å². The number of carboxylic acids is 1. The third-order valence-electron chi connectivity index (χ3n) is 5.68. The fraction of sp³-hybridized carbons (Fsp3) is 0.300. The van der Waals surface area contributed by atoms with E-state index in [2.05, 4.69) is 4.98 Å². The Morgan fingerprint density at radius 1 is 1.25 bits per heavy atom. The molecule has 0 bridgehead atoms. The van der Waals surface area contributed by atoms with Gasteiger partial charge < -0.3 is 19.6 Å². The minimum Gasteiger partial charge on any atom is -0.477 e. The second kappa shape index (κ2) is 7.48. The molecule has 0 aliphatic carbocycles. The topological polar surface area (TPSA) is 108 Å². The van der Waals surface area contributed by atoms with Crippen LogP contribution < -0.4 is 20.1 Å². The number of rotatable bonds is 3. The van der Waals surface area contributed by atoms with E-state index in [9.17, 15) is 19.5 Å². The summed E-state index contributed by atoms with van der Waals surface area (Å²) in [6, 6.07) is 1.06. The predicted octanol–water partition coefficient (Wildman–Crippen LogP) is 1.18. The van der Waals surface area contributed by atoms with Crippen molar-refractivity contribution in [2.75, 3.05) is 49.9 Å². The molecule has 0 spiro atoms. The molecule has 1 aromatic carbocycles. The Morgan fingerprint density at radius 3 is 2.66 bits per heavy atom. The van der Waals surface area contributed by atoms with Crippen molar-refractivity contribution in [3.8, 4) is 5.75 Å². The van der Waals surface area contributed by atoms with Gasteiger partial charge in [-0.25, -0.2) is 14.2 Å². The second-order valence-electron chi connectivity index (χ2n) is 7.54. The summed E-state index contributed by atoms with van der Waals surface area (Å²) >= 11 is 1.35. The van der Waals surface area contributed by atoms with E-state index in [1.165, 1.54) is 22.2 Å². The highest BCUT2D eigenvalue weighted by Gasteiger charge is 2.32. The molecule has 32 heavy (non-hydrogen) atoms. The van der Waals surface area contributed by atoms with Crippen LogP contribution >= 0.6 is 11.3 Å². The van der Waals surface area contributed by atoms with E-state index in [1.807, 2.05) is 0 Å². The zero-order valence-electron chi connectivity index (χ0n) is 16.9. The Balaban J connectivity index is 1.54. The number of amides is 1. The lowest BCUT2D eigenvalue weighted by Gasteiger charge is -2.38.